The molecule has 1 aliphatic heterocycles. The largest absolute Gasteiger partial charge is 0.476 e. The Morgan fingerprint density at radius 1 is 1.47 bits per heavy atom. The topological polar surface area (TPSA) is 69.4 Å². The molecule has 0 aromatic carbocycles. The van der Waals surface area contributed by atoms with Crippen LogP contribution in [0.4, 0.5) is 11.5 Å². The van der Waals surface area contributed by atoms with Gasteiger partial charge in [-0.15, -0.1) is 0 Å². The average molecular weight is 265 g/mol. The minimum atomic E-state index is 0.370. The SMILES string of the molecule is CCOc1nc(NC(C)C2CCOCC2)ccc1N. The van der Waals surface area contributed by atoms with E-state index in [2.05, 4.69) is 17.2 Å². The molecule has 0 radical (unpaired) electrons. The van der Waals surface area contributed by atoms with Crippen LogP contribution in [0.2, 0.25) is 0 Å². The van der Waals surface area contributed by atoms with Gasteiger partial charge in [-0.1, -0.05) is 0 Å². The highest BCUT2D eigenvalue weighted by Crippen LogP contribution is 2.24. The van der Waals surface area contributed by atoms with Crippen LogP contribution in [-0.2, 0) is 4.74 Å². The number of nitrogen functional groups attached to an aromatic ring is 1. The van der Waals surface area contributed by atoms with E-state index in [0.717, 1.165) is 31.9 Å². The van der Waals surface area contributed by atoms with Gasteiger partial charge in [0.05, 0.1) is 12.3 Å². The van der Waals surface area contributed by atoms with Gasteiger partial charge in [0.1, 0.15) is 5.82 Å². The Morgan fingerprint density at radius 2 is 2.21 bits per heavy atom. The summed E-state index contributed by atoms with van der Waals surface area (Å²) in [7, 11) is 0. The minimum Gasteiger partial charge on any atom is -0.476 e. The summed E-state index contributed by atoms with van der Waals surface area (Å²) < 4.78 is 10.8. The Kier molecular flexibility index (Phi) is 4.85. The van der Waals surface area contributed by atoms with Gasteiger partial charge in [-0.25, -0.2) is 0 Å². The molecule has 0 aliphatic carbocycles. The molecule has 106 valence electrons. The van der Waals surface area contributed by atoms with Crippen LogP contribution in [0.25, 0.3) is 0 Å². The first kappa shape index (κ1) is 13.9. The van der Waals surface area contributed by atoms with E-state index in [1.165, 1.54) is 0 Å². The van der Waals surface area contributed by atoms with E-state index in [1.54, 1.807) is 0 Å². The third-order valence-electron chi connectivity index (χ3n) is 3.52. The highest BCUT2D eigenvalue weighted by atomic mass is 16.5. The molecule has 1 unspecified atom stereocenters. The van der Waals surface area contributed by atoms with Crippen LogP contribution in [0.3, 0.4) is 0 Å². The zero-order valence-corrected chi connectivity index (χ0v) is 11.7. The Bertz CT molecular complexity index is 406. The van der Waals surface area contributed by atoms with Gasteiger partial charge in [0.2, 0.25) is 5.88 Å². The van der Waals surface area contributed by atoms with E-state index < -0.39 is 0 Å². The molecule has 19 heavy (non-hydrogen) atoms. The first-order valence-electron chi connectivity index (χ1n) is 6.94. The second kappa shape index (κ2) is 6.61. The number of pyridine rings is 1. The van der Waals surface area contributed by atoms with Gasteiger partial charge in [0.15, 0.2) is 0 Å². The number of rotatable bonds is 5. The van der Waals surface area contributed by atoms with Crippen molar-refractivity contribution in [2.75, 3.05) is 30.9 Å². The lowest BCUT2D eigenvalue weighted by Crippen LogP contribution is -2.31. The second-order valence-corrected chi connectivity index (χ2v) is 4.91. The average Bonchev–Trinajstić information content (AvgIpc) is 2.44. The normalized spacial score (nSPS) is 18.0. The molecule has 1 saturated heterocycles. The number of nitrogens with two attached hydrogens (primary N) is 1. The molecule has 0 amide bonds. The Morgan fingerprint density at radius 3 is 2.89 bits per heavy atom. The summed E-state index contributed by atoms with van der Waals surface area (Å²) in [5.74, 6) is 1.95. The molecular formula is C14H23N3O2. The van der Waals surface area contributed by atoms with Crippen molar-refractivity contribution in [1.82, 2.24) is 4.98 Å². The second-order valence-electron chi connectivity index (χ2n) is 4.91. The summed E-state index contributed by atoms with van der Waals surface area (Å²) >= 11 is 0. The summed E-state index contributed by atoms with van der Waals surface area (Å²) in [6.07, 6.45) is 2.20. The van der Waals surface area contributed by atoms with E-state index >= 15 is 0 Å². The van der Waals surface area contributed by atoms with Crippen molar-refractivity contribution in [2.24, 2.45) is 5.92 Å². The molecule has 5 heteroatoms. The quantitative estimate of drug-likeness (QED) is 0.855. The smallest absolute Gasteiger partial charge is 0.239 e. The fraction of sp³-hybridized carbons (Fsp3) is 0.643. The van der Waals surface area contributed by atoms with E-state index in [-0.39, 0.29) is 0 Å². The van der Waals surface area contributed by atoms with E-state index in [1.807, 2.05) is 19.1 Å². The minimum absolute atomic E-state index is 0.370. The number of hydrogen-bond donors (Lipinski definition) is 2. The van der Waals surface area contributed by atoms with Crippen molar-refractivity contribution in [3.05, 3.63) is 12.1 Å². The first-order valence-corrected chi connectivity index (χ1v) is 6.94. The van der Waals surface area contributed by atoms with Crippen molar-refractivity contribution in [3.8, 4) is 5.88 Å². The Hall–Kier alpha value is -1.49. The number of nitrogens with one attached hydrogen (secondary N) is 1. The molecule has 1 aromatic rings. The Balaban J connectivity index is 1.99. The van der Waals surface area contributed by atoms with Crippen LogP contribution >= 0.6 is 0 Å². The third-order valence-corrected chi connectivity index (χ3v) is 3.52. The number of nitrogens with zero attached hydrogens (tertiary/aromatic N) is 1. The number of ether oxygens (including phenoxy) is 2. The molecular weight excluding hydrogens is 242 g/mol. The maximum absolute atomic E-state index is 5.82. The van der Waals surface area contributed by atoms with Crippen molar-refractivity contribution in [2.45, 2.75) is 32.7 Å². The maximum Gasteiger partial charge on any atom is 0.239 e. The van der Waals surface area contributed by atoms with Gasteiger partial charge in [0, 0.05) is 19.3 Å². The lowest BCUT2D eigenvalue weighted by atomic mass is 9.93. The molecule has 2 rings (SSSR count). The van der Waals surface area contributed by atoms with Crippen molar-refractivity contribution >= 4 is 11.5 Å². The highest BCUT2D eigenvalue weighted by Gasteiger charge is 2.20. The number of aromatic nitrogens is 1. The molecule has 1 fully saturated rings. The van der Waals surface area contributed by atoms with Gasteiger partial charge in [-0.3, -0.25) is 0 Å². The molecule has 0 spiro atoms. The zero-order valence-electron chi connectivity index (χ0n) is 11.7. The van der Waals surface area contributed by atoms with Crippen molar-refractivity contribution in [3.63, 3.8) is 0 Å². The van der Waals surface area contributed by atoms with Gasteiger partial charge in [0.25, 0.3) is 0 Å². The molecule has 0 saturated carbocycles. The summed E-state index contributed by atoms with van der Waals surface area (Å²) in [5, 5.41) is 3.44. The van der Waals surface area contributed by atoms with Crippen molar-refractivity contribution in [1.29, 1.82) is 0 Å². The summed E-state index contributed by atoms with van der Waals surface area (Å²) in [5.41, 5.74) is 6.39. The third kappa shape index (κ3) is 3.73. The lowest BCUT2D eigenvalue weighted by Gasteiger charge is -2.28. The Labute approximate surface area is 114 Å². The van der Waals surface area contributed by atoms with Gasteiger partial charge in [-0.2, -0.15) is 4.98 Å². The fourth-order valence-corrected chi connectivity index (χ4v) is 2.35. The number of anilines is 2. The van der Waals surface area contributed by atoms with E-state index in [0.29, 0.717) is 30.1 Å². The zero-order chi connectivity index (χ0) is 13.7. The fourth-order valence-electron chi connectivity index (χ4n) is 2.35. The number of hydrogen-bond acceptors (Lipinski definition) is 5. The molecule has 1 atom stereocenters. The molecule has 1 aromatic heterocycles. The molecule has 1 aliphatic rings. The van der Waals surface area contributed by atoms with Crippen LogP contribution in [0.15, 0.2) is 12.1 Å². The van der Waals surface area contributed by atoms with E-state index in [9.17, 15) is 0 Å². The first-order chi connectivity index (χ1) is 9.20. The van der Waals surface area contributed by atoms with Crippen LogP contribution in [0, 0.1) is 5.92 Å². The van der Waals surface area contributed by atoms with Gasteiger partial charge in [-0.05, 0) is 44.7 Å². The van der Waals surface area contributed by atoms with Gasteiger partial charge >= 0.3 is 0 Å². The van der Waals surface area contributed by atoms with Crippen LogP contribution < -0.4 is 15.8 Å². The summed E-state index contributed by atoms with van der Waals surface area (Å²) in [6, 6.07) is 4.10. The van der Waals surface area contributed by atoms with E-state index in [4.69, 9.17) is 15.2 Å². The molecule has 3 N–H and O–H groups in total. The van der Waals surface area contributed by atoms with Crippen LogP contribution in [-0.4, -0.2) is 30.8 Å². The van der Waals surface area contributed by atoms with Crippen molar-refractivity contribution < 1.29 is 9.47 Å². The lowest BCUT2D eigenvalue weighted by molar-refractivity contribution is 0.0622. The van der Waals surface area contributed by atoms with Crippen LogP contribution in [0.1, 0.15) is 26.7 Å². The molecule has 2 heterocycles. The standard InChI is InChI=1S/C14H23N3O2/c1-3-19-14-12(15)4-5-13(17-14)16-10(2)11-6-8-18-9-7-11/h4-5,10-11H,3,6-9,15H2,1-2H3,(H,16,17). The predicted octanol–water partition coefficient (Wildman–Crippen LogP) is 2.29. The monoisotopic (exact) mass is 265 g/mol. The van der Waals surface area contributed by atoms with Gasteiger partial charge < -0.3 is 20.5 Å². The molecule has 5 nitrogen and oxygen atoms in total. The van der Waals surface area contributed by atoms with Crippen LogP contribution in [0.5, 0.6) is 5.88 Å². The molecule has 0 bridgehead atoms. The predicted molar refractivity (Wildman–Crippen MR) is 76.4 cm³/mol. The summed E-state index contributed by atoms with van der Waals surface area (Å²) in [6.45, 7) is 6.39. The maximum atomic E-state index is 5.82. The highest BCUT2D eigenvalue weighted by molar-refractivity contribution is 5.53. The summed E-state index contributed by atoms with van der Waals surface area (Å²) in [4.78, 5) is 4.41.